The standard InChI is InChI=1S/C10H13F4N3O.ClH/c1-5-3-7(6(2)15)16-17-8(5)18-4-10(13,14)9(11)12;/h3,6,9H,4,15H2,1-2H3;1H. The summed E-state index contributed by atoms with van der Waals surface area (Å²) >= 11 is 0. The highest BCUT2D eigenvalue weighted by Gasteiger charge is 2.42. The van der Waals surface area contributed by atoms with Gasteiger partial charge < -0.3 is 10.5 Å². The monoisotopic (exact) mass is 303 g/mol. The molecular formula is C10H14ClF4N3O. The van der Waals surface area contributed by atoms with Crippen LogP contribution in [-0.4, -0.2) is 29.2 Å². The number of ether oxygens (including phenoxy) is 1. The van der Waals surface area contributed by atoms with Crippen molar-refractivity contribution in [2.24, 2.45) is 5.73 Å². The zero-order valence-corrected chi connectivity index (χ0v) is 11.1. The second-order valence-electron chi connectivity index (χ2n) is 3.90. The first kappa shape index (κ1) is 17.8. The number of hydrogen-bond acceptors (Lipinski definition) is 4. The molecule has 1 heterocycles. The molecule has 110 valence electrons. The van der Waals surface area contributed by atoms with E-state index in [2.05, 4.69) is 14.9 Å². The maximum atomic E-state index is 12.6. The van der Waals surface area contributed by atoms with E-state index in [9.17, 15) is 17.6 Å². The van der Waals surface area contributed by atoms with Crippen molar-refractivity contribution in [3.8, 4) is 5.88 Å². The first-order valence-electron chi connectivity index (χ1n) is 5.12. The summed E-state index contributed by atoms with van der Waals surface area (Å²) in [4.78, 5) is 0. The molecule has 1 atom stereocenters. The van der Waals surface area contributed by atoms with Gasteiger partial charge in [-0.3, -0.25) is 0 Å². The third kappa shape index (κ3) is 4.79. The third-order valence-corrected chi connectivity index (χ3v) is 2.15. The van der Waals surface area contributed by atoms with Gasteiger partial charge in [-0.25, -0.2) is 8.78 Å². The second kappa shape index (κ2) is 6.85. The fourth-order valence-corrected chi connectivity index (χ4v) is 1.09. The van der Waals surface area contributed by atoms with Crippen LogP contribution in [0.1, 0.15) is 24.2 Å². The van der Waals surface area contributed by atoms with Crippen LogP contribution in [0, 0.1) is 6.92 Å². The first-order chi connectivity index (χ1) is 8.24. The SMILES string of the molecule is Cc1cc(C(C)N)nnc1OCC(F)(F)C(F)F.Cl. The number of halogens is 5. The minimum Gasteiger partial charge on any atom is -0.470 e. The summed E-state index contributed by atoms with van der Waals surface area (Å²) in [7, 11) is 0. The van der Waals surface area contributed by atoms with E-state index in [1.54, 1.807) is 6.92 Å². The number of aromatic nitrogens is 2. The summed E-state index contributed by atoms with van der Waals surface area (Å²) in [6.07, 6.45) is -3.78. The molecule has 0 aromatic carbocycles. The van der Waals surface area contributed by atoms with Crippen molar-refractivity contribution in [3.05, 3.63) is 17.3 Å². The molecule has 0 aliphatic rings. The smallest absolute Gasteiger partial charge is 0.340 e. The quantitative estimate of drug-likeness (QED) is 0.849. The summed E-state index contributed by atoms with van der Waals surface area (Å²) in [5.41, 5.74) is 6.42. The predicted molar refractivity (Wildman–Crippen MR) is 63.1 cm³/mol. The molecule has 19 heavy (non-hydrogen) atoms. The number of nitrogens with zero attached hydrogens (tertiary/aromatic N) is 2. The summed E-state index contributed by atoms with van der Waals surface area (Å²) in [6, 6.07) is 1.14. The Labute approximate surface area is 113 Å². The van der Waals surface area contributed by atoms with E-state index >= 15 is 0 Å². The Morgan fingerprint density at radius 1 is 1.37 bits per heavy atom. The van der Waals surface area contributed by atoms with Crippen molar-refractivity contribution >= 4 is 12.4 Å². The van der Waals surface area contributed by atoms with Crippen LogP contribution in [0.2, 0.25) is 0 Å². The van der Waals surface area contributed by atoms with Gasteiger partial charge in [0.1, 0.15) is 0 Å². The predicted octanol–water partition coefficient (Wildman–Crippen LogP) is 2.51. The Morgan fingerprint density at radius 2 is 1.95 bits per heavy atom. The van der Waals surface area contributed by atoms with Crippen LogP contribution < -0.4 is 10.5 Å². The molecule has 0 radical (unpaired) electrons. The Balaban J connectivity index is 0.00000324. The van der Waals surface area contributed by atoms with Gasteiger partial charge in [0.05, 0.1) is 5.69 Å². The van der Waals surface area contributed by atoms with Crippen molar-refractivity contribution in [3.63, 3.8) is 0 Å². The lowest BCUT2D eigenvalue weighted by Crippen LogP contribution is -2.34. The highest BCUT2D eigenvalue weighted by atomic mass is 35.5. The van der Waals surface area contributed by atoms with Crippen LogP contribution in [-0.2, 0) is 0 Å². The summed E-state index contributed by atoms with van der Waals surface area (Å²) in [5.74, 6) is -4.42. The van der Waals surface area contributed by atoms with Gasteiger partial charge in [0.2, 0.25) is 5.88 Å². The average molecular weight is 304 g/mol. The largest absolute Gasteiger partial charge is 0.470 e. The number of hydrogen-bond donors (Lipinski definition) is 1. The van der Waals surface area contributed by atoms with Gasteiger partial charge in [-0.2, -0.15) is 13.9 Å². The van der Waals surface area contributed by atoms with E-state index in [4.69, 9.17) is 5.73 Å². The lowest BCUT2D eigenvalue weighted by molar-refractivity contribution is -0.148. The molecule has 0 aliphatic heterocycles. The summed E-state index contributed by atoms with van der Waals surface area (Å²) < 4.78 is 53.6. The van der Waals surface area contributed by atoms with Crippen molar-refractivity contribution in [1.29, 1.82) is 0 Å². The molecular weight excluding hydrogens is 290 g/mol. The first-order valence-corrected chi connectivity index (χ1v) is 5.12. The lowest BCUT2D eigenvalue weighted by atomic mass is 10.2. The fourth-order valence-electron chi connectivity index (χ4n) is 1.09. The van der Waals surface area contributed by atoms with Crippen LogP contribution in [0.5, 0.6) is 5.88 Å². The molecule has 2 N–H and O–H groups in total. The van der Waals surface area contributed by atoms with Gasteiger partial charge in [-0.05, 0) is 19.9 Å². The van der Waals surface area contributed by atoms with E-state index in [1.165, 1.54) is 13.0 Å². The van der Waals surface area contributed by atoms with Gasteiger partial charge in [0.25, 0.3) is 0 Å². The highest BCUT2D eigenvalue weighted by Crippen LogP contribution is 2.25. The maximum absolute atomic E-state index is 12.6. The van der Waals surface area contributed by atoms with Crippen LogP contribution in [0.3, 0.4) is 0 Å². The van der Waals surface area contributed by atoms with E-state index < -0.39 is 19.0 Å². The minimum absolute atomic E-state index is 0. The van der Waals surface area contributed by atoms with Gasteiger partial charge >= 0.3 is 12.3 Å². The molecule has 0 saturated carbocycles. The zero-order valence-electron chi connectivity index (χ0n) is 10.2. The molecule has 1 aromatic heterocycles. The molecule has 0 bridgehead atoms. The van der Waals surface area contributed by atoms with Crippen LogP contribution in [0.15, 0.2) is 6.07 Å². The van der Waals surface area contributed by atoms with Gasteiger partial charge in [0.15, 0.2) is 6.61 Å². The fraction of sp³-hybridized carbons (Fsp3) is 0.600. The van der Waals surface area contributed by atoms with Crippen molar-refractivity contribution in [2.75, 3.05) is 6.61 Å². The molecule has 0 aliphatic carbocycles. The Bertz CT molecular complexity index is 418. The lowest BCUT2D eigenvalue weighted by Gasteiger charge is -2.16. The molecule has 9 heteroatoms. The maximum Gasteiger partial charge on any atom is 0.340 e. The molecule has 4 nitrogen and oxygen atoms in total. The number of nitrogens with two attached hydrogens (primary N) is 1. The molecule has 0 saturated heterocycles. The van der Waals surface area contributed by atoms with Crippen LogP contribution in [0.4, 0.5) is 17.6 Å². The highest BCUT2D eigenvalue weighted by molar-refractivity contribution is 5.85. The van der Waals surface area contributed by atoms with E-state index in [1.807, 2.05) is 0 Å². The molecule has 1 aromatic rings. The van der Waals surface area contributed by atoms with Gasteiger partial charge in [-0.1, -0.05) is 0 Å². The summed E-state index contributed by atoms with van der Waals surface area (Å²) in [6.45, 7) is 1.77. The van der Waals surface area contributed by atoms with Crippen molar-refractivity contribution in [1.82, 2.24) is 10.2 Å². The number of alkyl halides is 4. The molecule has 0 fully saturated rings. The van der Waals surface area contributed by atoms with Crippen LogP contribution >= 0.6 is 12.4 Å². The molecule has 0 spiro atoms. The van der Waals surface area contributed by atoms with Gasteiger partial charge in [-0.15, -0.1) is 17.5 Å². The Hall–Kier alpha value is -1.15. The van der Waals surface area contributed by atoms with Gasteiger partial charge in [0, 0.05) is 11.6 Å². The third-order valence-electron chi connectivity index (χ3n) is 2.15. The normalized spacial score (nSPS) is 13.1. The Kier molecular flexibility index (Phi) is 6.44. The van der Waals surface area contributed by atoms with E-state index in [0.29, 0.717) is 11.3 Å². The Morgan fingerprint density at radius 3 is 2.37 bits per heavy atom. The minimum atomic E-state index is -4.21. The molecule has 1 rings (SSSR count). The molecule has 0 amide bonds. The number of rotatable bonds is 5. The number of aryl methyl sites for hydroxylation is 1. The van der Waals surface area contributed by atoms with E-state index in [-0.39, 0.29) is 24.3 Å². The zero-order chi connectivity index (χ0) is 13.9. The van der Waals surface area contributed by atoms with E-state index in [0.717, 1.165) is 0 Å². The molecule has 1 unspecified atom stereocenters. The average Bonchev–Trinajstić information content (AvgIpc) is 2.26. The van der Waals surface area contributed by atoms with Crippen molar-refractivity contribution in [2.45, 2.75) is 32.2 Å². The summed E-state index contributed by atoms with van der Waals surface area (Å²) in [5, 5.41) is 7.18. The van der Waals surface area contributed by atoms with Crippen molar-refractivity contribution < 1.29 is 22.3 Å². The topological polar surface area (TPSA) is 61.0 Å². The second-order valence-corrected chi connectivity index (χ2v) is 3.90. The van der Waals surface area contributed by atoms with Crippen LogP contribution in [0.25, 0.3) is 0 Å².